The molecule has 0 amide bonds. The van der Waals surface area contributed by atoms with Crippen molar-refractivity contribution in [2.45, 2.75) is 26.1 Å². The van der Waals surface area contributed by atoms with Crippen molar-refractivity contribution in [2.24, 2.45) is 7.05 Å². The summed E-state index contributed by atoms with van der Waals surface area (Å²) in [4.78, 5) is 0. The van der Waals surface area contributed by atoms with Crippen molar-refractivity contribution in [3.05, 3.63) is 17.0 Å². The van der Waals surface area contributed by atoms with Gasteiger partial charge in [0, 0.05) is 7.05 Å². The number of alkyl halides is 3. The molecule has 0 fully saturated rings. The highest BCUT2D eigenvalue weighted by Crippen LogP contribution is 2.34. The molecular formula is C8H11F3N2O. The number of rotatable bonds is 2. The van der Waals surface area contributed by atoms with Crippen LogP contribution in [0.1, 0.15) is 23.9 Å². The molecule has 1 aromatic heterocycles. The van der Waals surface area contributed by atoms with Crippen molar-refractivity contribution < 1.29 is 18.3 Å². The highest BCUT2D eigenvalue weighted by molar-refractivity contribution is 5.29. The van der Waals surface area contributed by atoms with Crippen LogP contribution in [0.2, 0.25) is 0 Å². The molecule has 1 N–H and O–H groups in total. The van der Waals surface area contributed by atoms with Gasteiger partial charge in [0.2, 0.25) is 0 Å². The topological polar surface area (TPSA) is 38.1 Å². The highest BCUT2D eigenvalue weighted by Gasteiger charge is 2.38. The van der Waals surface area contributed by atoms with E-state index in [1.165, 1.54) is 7.05 Å². The Balaban J connectivity index is 3.36. The molecule has 0 spiro atoms. The number of halogens is 3. The van der Waals surface area contributed by atoms with Gasteiger partial charge in [-0.25, -0.2) is 0 Å². The van der Waals surface area contributed by atoms with Crippen LogP contribution in [0.5, 0.6) is 0 Å². The molecule has 6 heteroatoms. The number of nitrogens with zero attached hydrogens (tertiary/aromatic N) is 2. The Bertz CT molecular complexity index is 330. The molecule has 0 unspecified atom stereocenters. The van der Waals surface area contributed by atoms with E-state index in [-0.39, 0.29) is 17.8 Å². The molecule has 0 aliphatic heterocycles. The summed E-state index contributed by atoms with van der Waals surface area (Å²) in [6.07, 6.45) is -4.21. The van der Waals surface area contributed by atoms with E-state index in [0.717, 1.165) is 4.68 Å². The Kier molecular flexibility index (Phi) is 2.84. The molecule has 0 atom stereocenters. The van der Waals surface area contributed by atoms with Crippen LogP contribution in [-0.2, 0) is 26.3 Å². The molecule has 0 aliphatic carbocycles. The first-order valence-corrected chi connectivity index (χ1v) is 4.14. The van der Waals surface area contributed by atoms with Crippen LogP contribution in [0.3, 0.4) is 0 Å². The number of hydrogen-bond acceptors (Lipinski definition) is 2. The number of aliphatic hydroxyl groups is 1. The summed E-state index contributed by atoms with van der Waals surface area (Å²) >= 11 is 0. The minimum atomic E-state index is -4.45. The van der Waals surface area contributed by atoms with E-state index in [0.29, 0.717) is 0 Å². The zero-order chi connectivity index (χ0) is 10.9. The quantitative estimate of drug-likeness (QED) is 0.799. The maximum Gasteiger partial charge on any atom is 0.420 e. The van der Waals surface area contributed by atoms with E-state index in [2.05, 4.69) is 5.10 Å². The third kappa shape index (κ3) is 1.75. The van der Waals surface area contributed by atoms with Crippen LogP contribution in [0, 0.1) is 0 Å². The molecule has 0 aliphatic rings. The Labute approximate surface area is 79.2 Å². The van der Waals surface area contributed by atoms with E-state index in [1.807, 2.05) is 0 Å². The van der Waals surface area contributed by atoms with Gasteiger partial charge in [-0.05, 0) is 6.42 Å². The van der Waals surface area contributed by atoms with Crippen LogP contribution in [0.25, 0.3) is 0 Å². The SMILES string of the molecule is CCc1c(C(F)(F)F)c(CO)nn1C. The fraction of sp³-hybridized carbons (Fsp3) is 0.625. The molecule has 0 aromatic carbocycles. The van der Waals surface area contributed by atoms with E-state index in [9.17, 15) is 13.2 Å². The van der Waals surface area contributed by atoms with Crippen molar-refractivity contribution >= 4 is 0 Å². The Morgan fingerprint density at radius 3 is 2.36 bits per heavy atom. The maximum absolute atomic E-state index is 12.5. The lowest BCUT2D eigenvalue weighted by atomic mass is 10.1. The summed E-state index contributed by atoms with van der Waals surface area (Å²) < 4.78 is 38.8. The maximum atomic E-state index is 12.5. The average molecular weight is 208 g/mol. The molecule has 1 rings (SSSR count). The minimum absolute atomic E-state index is 0.0987. The first-order chi connectivity index (χ1) is 6.41. The second-order valence-electron chi connectivity index (χ2n) is 2.90. The number of aliphatic hydroxyl groups excluding tert-OH is 1. The highest BCUT2D eigenvalue weighted by atomic mass is 19.4. The van der Waals surface area contributed by atoms with E-state index < -0.39 is 18.3 Å². The van der Waals surface area contributed by atoms with Gasteiger partial charge >= 0.3 is 6.18 Å². The molecule has 0 bridgehead atoms. The number of aromatic nitrogens is 2. The minimum Gasteiger partial charge on any atom is -0.390 e. The first-order valence-electron chi connectivity index (χ1n) is 4.14. The van der Waals surface area contributed by atoms with Crippen LogP contribution < -0.4 is 0 Å². The monoisotopic (exact) mass is 208 g/mol. The van der Waals surface area contributed by atoms with Gasteiger partial charge in [-0.3, -0.25) is 4.68 Å². The summed E-state index contributed by atoms with van der Waals surface area (Å²) in [7, 11) is 1.44. The molecular weight excluding hydrogens is 197 g/mol. The fourth-order valence-electron chi connectivity index (χ4n) is 1.46. The first kappa shape index (κ1) is 11.0. The van der Waals surface area contributed by atoms with Crippen molar-refractivity contribution in [3.63, 3.8) is 0 Å². The van der Waals surface area contributed by atoms with E-state index in [4.69, 9.17) is 5.11 Å². The van der Waals surface area contributed by atoms with Crippen molar-refractivity contribution in [2.75, 3.05) is 0 Å². The van der Waals surface area contributed by atoms with Crippen LogP contribution in [0.4, 0.5) is 13.2 Å². The standard InChI is InChI=1S/C8H11F3N2O/c1-3-6-7(8(9,10)11)5(4-14)12-13(6)2/h14H,3-4H2,1-2H3. The Morgan fingerprint density at radius 1 is 1.43 bits per heavy atom. The Morgan fingerprint density at radius 2 is 2.00 bits per heavy atom. The van der Waals surface area contributed by atoms with Gasteiger partial charge in [-0.15, -0.1) is 0 Å². The predicted molar refractivity (Wildman–Crippen MR) is 43.5 cm³/mol. The second kappa shape index (κ2) is 3.61. The lowest BCUT2D eigenvalue weighted by Gasteiger charge is -2.08. The van der Waals surface area contributed by atoms with E-state index in [1.54, 1.807) is 6.92 Å². The van der Waals surface area contributed by atoms with Gasteiger partial charge in [0.25, 0.3) is 0 Å². The zero-order valence-electron chi connectivity index (χ0n) is 7.89. The fourth-order valence-corrected chi connectivity index (χ4v) is 1.46. The number of hydrogen-bond donors (Lipinski definition) is 1. The summed E-state index contributed by atoms with van der Waals surface area (Å²) in [5, 5.41) is 12.4. The molecule has 1 aromatic rings. The summed E-state index contributed by atoms with van der Waals surface area (Å²) in [6.45, 7) is 0.927. The third-order valence-corrected chi connectivity index (χ3v) is 2.01. The molecule has 80 valence electrons. The largest absolute Gasteiger partial charge is 0.420 e. The zero-order valence-corrected chi connectivity index (χ0v) is 7.89. The van der Waals surface area contributed by atoms with Gasteiger partial charge in [0.05, 0.1) is 12.3 Å². The molecule has 1 heterocycles. The molecule has 0 saturated heterocycles. The summed E-state index contributed by atoms with van der Waals surface area (Å²) in [5.41, 5.74) is -1.01. The molecule has 0 radical (unpaired) electrons. The molecule has 0 saturated carbocycles. The summed E-state index contributed by atoms with van der Waals surface area (Å²) in [6, 6.07) is 0. The van der Waals surface area contributed by atoms with Crippen molar-refractivity contribution in [3.8, 4) is 0 Å². The van der Waals surface area contributed by atoms with Gasteiger partial charge in [0.15, 0.2) is 0 Å². The van der Waals surface area contributed by atoms with E-state index >= 15 is 0 Å². The van der Waals surface area contributed by atoms with Gasteiger partial charge in [0.1, 0.15) is 11.3 Å². The normalized spacial score (nSPS) is 12.1. The lowest BCUT2D eigenvalue weighted by Crippen LogP contribution is -2.11. The van der Waals surface area contributed by atoms with Crippen molar-refractivity contribution in [1.82, 2.24) is 9.78 Å². The number of aryl methyl sites for hydroxylation is 1. The van der Waals surface area contributed by atoms with Crippen LogP contribution >= 0.6 is 0 Å². The van der Waals surface area contributed by atoms with Crippen LogP contribution in [-0.4, -0.2) is 14.9 Å². The smallest absolute Gasteiger partial charge is 0.390 e. The van der Waals surface area contributed by atoms with Gasteiger partial charge < -0.3 is 5.11 Å². The Hall–Kier alpha value is -1.04. The lowest BCUT2D eigenvalue weighted by molar-refractivity contribution is -0.139. The van der Waals surface area contributed by atoms with Gasteiger partial charge in [-0.1, -0.05) is 6.92 Å². The van der Waals surface area contributed by atoms with Crippen molar-refractivity contribution in [1.29, 1.82) is 0 Å². The van der Waals surface area contributed by atoms with Crippen LogP contribution in [0.15, 0.2) is 0 Å². The average Bonchev–Trinajstić information content (AvgIpc) is 2.40. The molecule has 3 nitrogen and oxygen atoms in total. The predicted octanol–water partition coefficient (Wildman–Crippen LogP) is 1.49. The second-order valence-corrected chi connectivity index (χ2v) is 2.90. The summed E-state index contributed by atoms with van der Waals surface area (Å²) in [5.74, 6) is 0. The third-order valence-electron chi connectivity index (χ3n) is 2.01. The van der Waals surface area contributed by atoms with Gasteiger partial charge in [-0.2, -0.15) is 18.3 Å². The molecule has 14 heavy (non-hydrogen) atoms.